The second-order valence-corrected chi connectivity index (χ2v) is 4.02. The summed E-state index contributed by atoms with van der Waals surface area (Å²) in [5.41, 5.74) is 2.20. The normalized spacial score (nSPS) is 16.3. The Morgan fingerprint density at radius 3 is 3.00 bits per heavy atom. The van der Waals surface area contributed by atoms with Gasteiger partial charge in [-0.25, -0.2) is 4.98 Å². The van der Waals surface area contributed by atoms with E-state index in [1.165, 1.54) is 19.3 Å². The molecule has 0 saturated heterocycles. The van der Waals surface area contributed by atoms with E-state index < -0.39 is 0 Å². The van der Waals surface area contributed by atoms with Gasteiger partial charge in [-0.1, -0.05) is 25.0 Å². The zero-order valence-corrected chi connectivity index (χ0v) is 8.03. The summed E-state index contributed by atoms with van der Waals surface area (Å²) in [5.74, 6) is 1.96. The molecule has 0 aliphatic heterocycles. The third-order valence-electron chi connectivity index (χ3n) is 2.75. The highest BCUT2D eigenvalue weighted by Gasteiger charge is 2.21. The molecule has 71 valence electrons. The van der Waals surface area contributed by atoms with Gasteiger partial charge in [0, 0.05) is 6.42 Å². The quantitative estimate of drug-likeness (QED) is 0.782. The van der Waals surface area contributed by atoms with Crippen LogP contribution in [0.2, 0.25) is 0 Å². The SMILES string of the molecule is [CH](CC1CC1)c1nc2ccccc2[nH]1. The van der Waals surface area contributed by atoms with Gasteiger partial charge in [-0.2, -0.15) is 0 Å². The van der Waals surface area contributed by atoms with E-state index in [0.29, 0.717) is 0 Å². The predicted molar refractivity (Wildman–Crippen MR) is 56.8 cm³/mol. The number of H-pyrrole nitrogens is 1. The summed E-state index contributed by atoms with van der Waals surface area (Å²) < 4.78 is 0. The van der Waals surface area contributed by atoms with Crippen molar-refractivity contribution in [2.75, 3.05) is 0 Å². The minimum Gasteiger partial charge on any atom is -0.342 e. The van der Waals surface area contributed by atoms with Crippen LogP contribution < -0.4 is 0 Å². The fourth-order valence-electron chi connectivity index (χ4n) is 1.70. The van der Waals surface area contributed by atoms with E-state index in [1.807, 2.05) is 18.2 Å². The van der Waals surface area contributed by atoms with Crippen molar-refractivity contribution < 1.29 is 0 Å². The van der Waals surface area contributed by atoms with E-state index in [2.05, 4.69) is 22.5 Å². The first kappa shape index (κ1) is 8.04. The largest absolute Gasteiger partial charge is 0.342 e. The molecule has 1 fully saturated rings. The maximum atomic E-state index is 4.50. The van der Waals surface area contributed by atoms with E-state index in [1.54, 1.807) is 0 Å². The summed E-state index contributed by atoms with van der Waals surface area (Å²) in [6, 6.07) is 8.16. The number of hydrogen-bond donors (Lipinski definition) is 1. The minimum atomic E-state index is 0.934. The van der Waals surface area contributed by atoms with Crippen molar-refractivity contribution in [2.45, 2.75) is 19.3 Å². The van der Waals surface area contributed by atoms with Gasteiger partial charge in [0.2, 0.25) is 0 Å². The smallest absolute Gasteiger partial charge is 0.111 e. The first-order valence-electron chi connectivity index (χ1n) is 5.20. The Morgan fingerprint density at radius 2 is 2.21 bits per heavy atom. The van der Waals surface area contributed by atoms with Crippen molar-refractivity contribution in [3.63, 3.8) is 0 Å². The summed E-state index contributed by atoms with van der Waals surface area (Å²) in [4.78, 5) is 7.81. The highest BCUT2D eigenvalue weighted by Crippen LogP contribution is 2.33. The van der Waals surface area contributed by atoms with Gasteiger partial charge in [-0.05, 0) is 24.5 Å². The summed E-state index contributed by atoms with van der Waals surface area (Å²) in [6.45, 7) is 0. The molecule has 1 N–H and O–H groups in total. The lowest BCUT2D eigenvalue weighted by atomic mass is 10.2. The Bertz CT molecular complexity index is 407. The molecular formula is C12H13N2. The number of benzene rings is 1. The molecule has 2 heteroatoms. The van der Waals surface area contributed by atoms with Gasteiger partial charge in [0.15, 0.2) is 0 Å². The van der Waals surface area contributed by atoms with Gasteiger partial charge in [-0.15, -0.1) is 0 Å². The number of rotatable bonds is 3. The van der Waals surface area contributed by atoms with Crippen LogP contribution in [-0.4, -0.2) is 9.97 Å². The van der Waals surface area contributed by atoms with Crippen LogP contribution in [0.3, 0.4) is 0 Å². The molecule has 1 aliphatic rings. The molecule has 1 aromatic heterocycles. The maximum Gasteiger partial charge on any atom is 0.111 e. The molecule has 3 rings (SSSR count). The third-order valence-corrected chi connectivity index (χ3v) is 2.75. The highest BCUT2D eigenvalue weighted by atomic mass is 14.9. The van der Waals surface area contributed by atoms with Crippen molar-refractivity contribution in [3.8, 4) is 0 Å². The molecule has 1 aliphatic carbocycles. The van der Waals surface area contributed by atoms with E-state index in [-0.39, 0.29) is 0 Å². The van der Waals surface area contributed by atoms with Crippen LogP contribution in [0, 0.1) is 12.3 Å². The number of para-hydroxylation sites is 2. The van der Waals surface area contributed by atoms with E-state index in [0.717, 1.165) is 22.8 Å². The zero-order valence-electron chi connectivity index (χ0n) is 8.03. The molecule has 2 aromatic rings. The average molecular weight is 185 g/mol. The summed E-state index contributed by atoms with van der Waals surface area (Å²) in [7, 11) is 0. The number of aromatic amines is 1. The maximum absolute atomic E-state index is 4.50. The van der Waals surface area contributed by atoms with Crippen LogP contribution in [0.15, 0.2) is 24.3 Å². The van der Waals surface area contributed by atoms with Crippen LogP contribution >= 0.6 is 0 Å². The molecule has 0 unspecified atom stereocenters. The second kappa shape index (κ2) is 3.12. The number of imidazole rings is 1. The van der Waals surface area contributed by atoms with Crippen LogP contribution in [0.1, 0.15) is 25.1 Å². The molecule has 0 spiro atoms. The molecule has 1 heterocycles. The van der Waals surface area contributed by atoms with Gasteiger partial charge in [0.05, 0.1) is 11.0 Å². The average Bonchev–Trinajstić information content (AvgIpc) is 2.94. The molecular weight excluding hydrogens is 172 g/mol. The Hall–Kier alpha value is -1.31. The first-order valence-corrected chi connectivity index (χ1v) is 5.20. The minimum absolute atomic E-state index is 0.934. The summed E-state index contributed by atoms with van der Waals surface area (Å²) >= 11 is 0. The molecule has 14 heavy (non-hydrogen) atoms. The summed E-state index contributed by atoms with van der Waals surface area (Å²) in [5, 5.41) is 0. The standard InChI is InChI=1S/C12H13N2/c1-2-4-11-10(3-1)13-12(14-11)8-7-9-5-6-9/h1-4,8-9H,5-7H2,(H,13,14). The zero-order chi connectivity index (χ0) is 9.38. The van der Waals surface area contributed by atoms with Crippen LogP contribution in [0.5, 0.6) is 0 Å². The summed E-state index contributed by atoms with van der Waals surface area (Å²) in [6.07, 6.45) is 6.20. The predicted octanol–water partition coefficient (Wildman–Crippen LogP) is 2.92. The Labute approximate surface area is 83.4 Å². The lowest BCUT2D eigenvalue weighted by Crippen LogP contribution is -1.85. The van der Waals surface area contributed by atoms with Gasteiger partial charge >= 0.3 is 0 Å². The molecule has 0 atom stereocenters. The molecule has 2 nitrogen and oxygen atoms in total. The van der Waals surface area contributed by atoms with Gasteiger partial charge in [-0.3, -0.25) is 0 Å². The van der Waals surface area contributed by atoms with Crippen molar-refractivity contribution in [1.29, 1.82) is 0 Å². The lowest BCUT2D eigenvalue weighted by molar-refractivity contribution is 0.813. The fraction of sp³-hybridized carbons (Fsp3) is 0.333. The first-order chi connectivity index (χ1) is 6.92. The van der Waals surface area contributed by atoms with E-state index in [4.69, 9.17) is 0 Å². The van der Waals surface area contributed by atoms with E-state index >= 15 is 0 Å². The number of nitrogens with one attached hydrogen (secondary N) is 1. The van der Waals surface area contributed by atoms with Crippen molar-refractivity contribution >= 4 is 11.0 Å². The second-order valence-electron chi connectivity index (χ2n) is 4.02. The van der Waals surface area contributed by atoms with Crippen LogP contribution in [0.4, 0.5) is 0 Å². The topological polar surface area (TPSA) is 28.7 Å². The number of hydrogen-bond acceptors (Lipinski definition) is 1. The monoisotopic (exact) mass is 185 g/mol. The van der Waals surface area contributed by atoms with Crippen molar-refractivity contribution in [2.24, 2.45) is 5.92 Å². The highest BCUT2D eigenvalue weighted by molar-refractivity contribution is 5.74. The Kier molecular flexibility index (Phi) is 1.79. The Morgan fingerprint density at radius 1 is 1.36 bits per heavy atom. The van der Waals surface area contributed by atoms with Crippen LogP contribution in [-0.2, 0) is 0 Å². The van der Waals surface area contributed by atoms with E-state index in [9.17, 15) is 0 Å². The Balaban J connectivity index is 1.82. The molecule has 1 saturated carbocycles. The molecule has 0 bridgehead atoms. The molecule has 1 aromatic carbocycles. The van der Waals surface area contributed by atoms with Crippen molar-refractivity contribution in [3.05, 3.63) is 36.5 Å². The van der Waals surface area contributed by atoms with Crippen molar-refractivity contribution in [1.82, 2.24) is 9.97 Å². The van der Waals surface area contributed by atoms with Gasteiger partial charge < -0.3 is 4.98 Å². The third kappa shape index (κ3) is 1.52. The molecule has 1 radical (unpaired) electrons. The number of aromatic nitrogens is 2. The van der Waals surface area contributed by atoms with Crippen LogP contribution in [0.25, 0.3) is 11.0 Å². The fourth-order valence-corrected chi connectivity index (χ4v) is 1.70. The van der Waals surface area contributed by atoms with Gasteiger partial charge in [0.25, 0.3) is 0 Å². The number of fused-ring (bicyclic) bond motifs is 1. The lowest BCUT2D eigenvalue weighted by Gasteiger charge is -1.91. The molecule has 0 amide bonds. The van der Waals surface area contributed by atoms with Gasteiger partial charge in [0.1, 0.15) is 5.82 Å². The number of nitrogens with zero attached hydrogens (tertiary/aromatic N) is 1.